The van der Waals surface area contributed by atoms with Crippen molar-refractivity contribution in [1.29, 1.82) is 0 Å². The fourth-order valence-corrected chi connectivity index (χ4v) is 1.79. The van der Waals surface area contributed by atoms with E-state index in [2.05, 4.69) is 5.32 Å². The average molecular weight is 299 g/mol. The zero-order valence-corrected chi connectivity index (χ0v) is 10.8. The molecule has 0 aliphatic heterocycles. The van der Waals surface area contributed by atoms with Crippen molar-refractivity contribution < 1.29 is 13.7 Å². The minimum Gasteiger partial charge on any atom is -0.381 e. The first-order valence-corrected chi connectivity index (χ1v) is 5.97. The van der Waals surface area contributed by atoms with Crippen molar-refractivity contribution in [3.8, 4) is 0 Å². The molecule has 0 aliphatic rings. The summed E-state index contributed by atoms with van der Waals surface area (Å²) in [6.45, 7) is -0.00482. The van der Waals surface area contributed by atoms with Crippen molar-refractivity contribution in [1.82, 2.24) is 0 Å². The Bertz CT molecular complexity index is 665. The number of halogens is 3. The number of nitrogens with one attached hydrogen (secondary N) is 1. The first kappa shape index (κ1) is 14.2. The van der Waals surface area contributed by atoms with Crippen LogP contribution in [0.25, 0.3) is 0 Å². The highest BCUT2D eigenvalue weighted by Crippen LogP contribution is 2.22. The molecule has 2 aromatic carbocycles. The molecule has 2 rings (SSSR count). The molecule has 1 N–H and O–H groups in total. The van der Waals surface area contributed by atoms with Crippen LogP contribution < -0.4 is 5.32 Å². The molecular weight excluding hydrogens is 290 g/mol. The Morgan fingerprint density at radius 2 is 1.95 bits per heavy atom. The summed E-state index contributed by atoms with van der Waals surface area (Å²) >= 11 is 5.54. The summed E-state index contributed by atoms with van der Waals surface area (Å²) in [4.78, 5) is 10.2. The van der Waals surface area contributed by atoms with E-state index in [9.17, 15) is 18.9 Å². The predicted molar refractivity (Wildman–Crippen MR) is 71.8 cm³/mol. The lowest BCUT2D eigenvalue weighted by atomic mass is 10.1. The quantitative estimate of drug-likeness (QED) is 0.682. The maximum Gasteiger partial charge on any atom is 0.274 e. The van der Waals surface area contributed by atoms with Crippen molar-refractivity contribution >= 4 is 23.0 Å². The number of hydrogen-bond acceptors (Lipinski definition) is 3. The summed E-state index contributed by atoms with van der Waals surface area (Å²) in [6.07, 6.45) is 0. The summed E-state index contributed by atoms with van der Waals surface area (Å²) < 4.78 is 26.4. The topological polar surface area (TPSA) is 55.2 Å². The van der Waals surface area contributed by atoms with Crippen LogP contribution in [0, 0.1) is 21.7 Å². The smallest absolute Gasteiger partial charge is 0.274 e. The van der Waals surface area contributed by atoms with Crippen molar-refractivity contribution in [3.05, 3.63) is 68.7 Å². The Labute approximate surface area is 118 Å². The molecule has 0 spiro atoms. The van der Waals surface area contributed by atoms with Gasteiger partial charge in [-0.1, -0.05) is 11.6 Å². The summed E-state index contributed by atoms with van der Waals surface area (Å²) in [5.41, 5.74) is 0.365. The molecule has 7 heteroatoms. The standard InChI is InChI=1S/C13H9ClF2N2O2/c14-11-3-2-10(6-12(11)16)17-7-8-5-9(15)1-4-13(8)18(19)20/h1-6,17H,7H2. The van der Waals surface area contributed by atoms with E-state index in [1.54, 1.807) is 0 Å². The van der Waals surface area contributed by atoms with E-state index in [1.165, 1.54) is 12.1 Å². The first-order chi connectivity index (χ1) is 9.47. The minimum atomic E-state index is -0.606. The molecule has 0 amide bonds. The molecular formula is C13H9ClF2N2O2. The maximum atomic E-state index is 13.2. The van der Waals surface area contributed by atoms with Gasteiger partial charge in [0.1, 0.15) is 11.6 Å². The zero-order chi connectivity index (χ0) is 14.7. The van der Waals surface area contributed by atoms with Crippen molar-refractivity contribution in [2.45, 2.75) is 6.54 Å². The fourth-order valence-electron chi connectivity index (χ4n) is 1.68. The van der Waals surface area contributed by atoms with Gasteiger partial charge in [0, 0.05) is 18.3 Å². The molecule has 0 saturated carbocycles. The third-order valence-corrected chi connectivity index (χ3v) is 2.95. The van der Waals surface area contributed by atoms with Gasteiger partial charge in [-0.05, 0) is 30.3 Å². The zero-order valence-electron chi connectivity index (χ0n) is 10.1. The molecule has 0 fully saturated rings. The van der Waals surface area contributed by atoms with Crippen LogP contribution in [0.3, 0.4) is 0 Å². The van der Waals surface area contributed by atoms with Gasteiger partial charge in [0.25, 0.3) is 5.69 Å². The van der Waals surface area contributed by atoms with E-state index in [0.29, 0.717) is 5.69 Å². The molecule has 0 bridgehead atoms. The molecule has 0 unspecified atom stereocenters. The number of anilines is 1. The second kappa shape index (κ2) is 5.83. The van der Waals surface area contributed by atoms with Gasteiger partial charge < -0.3 is 5.32 Å². The van der Waals surface area contributed by atoms with Crippen LogP contribution in [0.1, 0.15) is 5.56 Å². The number of nitro benzene ring substituents is 1. The van der Waals surface area contributed by atoms with E-state index in [-0.39, 0.29) is 22.8 Å². The number of hydrogen-bond donors (Lipinski definition) is 1. The second-order valence-electron chi connectivity index (χ2n) is 4.01. The molecule has 0 saturated heterocycles. The third kappa shape index (κ3) is 3.21. The van der Waals surface area contributed by atoms with Gasteiger partial charge in [-0.25, -0.2) is 8.78 Å². The molecule has 104 valence electrons. The number of nitrogens with zero attached hydrogens (tertiary/aromatic N) is 1. The highest BCUT2D eigenvalue weighted by Gasteiger charge is 2.14. The molecule has 0 atom stereocenters. The Hall–Kier alpha value is -2.21. The lowest BCUT2D eigenvalue weighted by Crippen LogP contribution is -2.04. The number of rotatable bonds is 4. The summed E-state index contributed by atoms with van der Waals surface area (Å²) in [5, 5.41) is 13.6. The highest BCUT2D eigenvalue weighted by molar-refractivity contribution is 6.30. The average Bonchev–Trinajstić information content (AvgIpc) is 2.40. The Kier molecular flexibility index (Phi) is 4.14. The van der Waals surface area contributed by atoms with E-state index in [0.717, 1.165) is 24.3 Å². The lowest BCUT2D eigenvalue weighted by Gasteiger charge is -2.08. The molecule has 20 heavy (non-hydrogen) atoms. The number of nitro groups is 1. The van der Waals surface area contributed by atoms with Crippen LogP contribution in [0.2, 0.25) is 5.02 Å². The van der Waals surface area contributed by atoms with Crippen molar-refractivity contribution in [2.24, 2.45) is 0 Å². The Morgan fingerprint density at radius 1 is 1.20 bits per heavy atom. The Morgan fingerprint density at radius 3 is 2.60 bits per heavy atom. The van der Waals surface area contributed by atoms with E-state index >= 15 is 0 Å². The van der Waals surface area contributed by atoms with E-state index in [4.69, 9.17) is 11.6 Å². The van der Waals surface area contributed by atoms with Crippen LogP contribution >= 0.6 is 11.6 Å². The largest absolute Gasteiger partial charge is 0.381 e. The molecule has 0 aliphatic carbocycles. The lowest BCUT2D eigenvalue weighted by molar-refractivity contribution is -0.385. The van der Waals surface area contributed by atoms with Crippen LogP contribution in [-0.4, -0.2) is 4.92 Å². The second-order valence-corrected chi connectivity index (χ2v) is 4.42. The SMILES string of the molecule is O=[N+]([O-])c1ccc(F)cc1CNc1ccc(Cl)c(F)c1. The van der Waals surface area contributed by atoms with Gasteiger partial charge in [-0.2, -0.15) is 0 Å². The highest BCUT2D eigenvalue weighted by atomic mass is 35.5. The van der Waals surface area contributed by atoms with Crippen molar-refractivity contribution in [2.75, 3.05) is 5.32 Å². The molecule has 2 aromatic rings. The van der Waals surface area contributed by atoms with Crippen LogP contribution in [-0.2, 0) is 6.54 Å². The van der Waals surface area contributed by atoms with E-state index < -0.39 is 16.6 Å². The third-order valence-electron chi connectivity index (χ3n) is 2.64. The monoisotopic (exact) mass is 298 g/mol. The van der Waals surface area contributed by atoms with Crippen molar-refractivity contribution in [3.63, 3.8) is 0 Å². The number of benzene rings is 2. The van der Waals surface area contributed by atoms with Gasteiger partial charge in [-0.3, -0.25) is 10.1 Å². The maximum absolute atomic E-state index is 13.2. The predicted octanol–water partition coefficient (Wildman–Crippen LogP) is 4.14. The summed E-state index contributed by atoms with van der Waals surface area (Å²) in [7, 11) is 0. The van der Waals surface area contributed by atoms with Gasteiger partial charge in [0.05, 0.1) is 15.5 Å². The van der Waals surface area contributed by atoms with Gasteiger partial charge in [0.2, 0.25) is 0 Å². The molecule has 4 nitrogen and oxygen atoms in total. The summed E-state index contributed by atoms with van der Waals surface area (Å²) in [6, 6.07) is 7.22. The van der Waals surface area contributed by atoms with Gasteiger partial charge in [-0.15, -0.1) is 0 Å². The fraction of sp³-hybridized carbons (Fsp3) is 0.0769. The van der Waals surface area contributed by atoms with E-state index in [1.807, 2.05) is 0 Å². The van der Waals surface area contributed by atoms with Crippen LogP contribution in [0.4, 0.5) is 20.2 Å². The molecule has 0 aromatic heterocycles. The normalized spacial score (nSPS) is 10.3. The van der Waals surface area contributed by atoms with Crippen LogP contribution in [0.15, 0.2) is 36.4 Å². The first-order valence-electron chi connectivity index (χ1n) is 5.59. The molecule has 0 radical (unpaired) electrons. The molecule has 0 heterocycles. The van der Waals surface area contributed by atoms with Gasteiger partial charge >= 0.3 is 0 Å². The summed E-state index contributed by atoms with van der Waals surface area (Å²) in [5.74, 6) is -1.18. The minimum absolute atomic E-state index is 0.00482. The van der Waals surface area contributed by atoms with Crippen LogP contribution in [0.5, 0.6) is 0 Å². The Balaban J connectivity index is 2.20. The van der Waals surface area contributed by atoms with Gasteiger partial charge in [0.15, 0.2) is 0 Å².